The van der Waals surface area contributed by atoms with Crippen LogP contribution in [0.3, 0.4) is 0 Å². The van der Waals surface area contributed by atoms with Crippen molar-refractivity contribution in [3.8, 4) is 0 Å². The van der Waals surface area contributed by atoms with Crippen molar-refractivity contribution in [2.75, 3.05) is 21.9 Å². The molecule has 1 aliphatic rings. The minimum Gasteiger partial charge on any atom is -0.312 e. The first-order valence-corrected chi connectivity index (χ1v) is 8.10. The molecule has 1 N–H and O–H groups in total. The summed E-state index contributed by atoms with van der Waals surface area (Å²) in [6.45, 7) is 5.61. The van der Waals surface area contributed by atoms with Gasteiger partial charge in [0.25, 0.3) is 0 Å². The summed E-state index contributed by atoms with van der Waals surface area (Å²) in [4.78, 5) is 13.3. The third-order valence-electron chi connectivity index (χ3n) is 3.19. The molecule has 1 aliphatic heterocycles. The van der Waals surface area contributed by atoms with Crippen LogP contribution in [0.4, 0.5) is 11.4 Å². The predicted molar refractivity (Wildman–Crippen MR) is 80.4 cm³/mol. The van der Waals surface area contributed by atoms with Crippen molar-refractivity contribution >= 4 is 27.3 Å². The van der Waals surface area contributed by atoms with E-state index in [0.29, 0.717) is 12.2 Å². The van der Waals surface area contributed by atoms with E-state index in [1.807, 2.05) is 6.07 Å². The molecule has 108 valence electrons. The molecule has 0 spiro atoms. The fraction of sp³-hybridized carbons (Fsp3) is 0.357. The molecule has 0 aliphatic carbocycles. The van der Waals surface area contributed by atoms with Gasteiger partial charge in [0.15, 0.2) is 0 Å². The smallest absolute Gasteiger partial charge is 0.236 e. The van der Waals surface area contributed by atoms with Crippen molar-refractivity contribution in [2.45, 2.75) is 19.8 Å². The average molecular weight is 294 g/mol. The minimum atomic E-state index is -3.42. The van der Waals surface area contributed by atoms with Gasteiger partial charge in [-0.05, 0) is 30.5 Å². The van der Waals surface area contributed by atoms with Crippen molar-refractivity contribution in [1.82, 2.24) is 0 Å². The highest BCUT2D eigenvalue weighted by atomic mass is 32.2. The number of amides is 1. The third kappa shape index (κ3) is 3.19. The Morgan fingerprint density at radius 1 is 1.50 bits per heavy atom. The van der Waals surface area contributed by atoms with Gasteiger partial charge < -0.3 is 4.90 Å². The molecule has 0 saturated heterocycles. The second kappa shape index (κ2) is 5.66. The highest BCUT2D eigenvalue weighted by molar-refractivity contribution is 7.92. The van der Waals surface area contributed by atoms with Gasteiger partial charge in [-0.3, -0.25) is 9.52 Å². The molecule has 1 heterocycles. The van der Waals surface area contributed by atoms with E-state index in [1.165, 1.54) is 13.0 Å². The highest BCUT2D eigenvalue weighted by Crippen LogP contribution is 2.30. The van der Waals surface area contributed by atoms with E-state index >= 15 is 0 Å². The third-order valence-corrected chi connectivity index (χ3v) is 4.42. The number of anilines is 2. The molecule has 6 heteroatoms. The maximum absolute atomic E-state index is 11.7. The first kappa shape index (κ1) is 14.6. The molecular formula is C14H18N2O3S. The topological polar surface area (TPSA) is 66.5 Å². The Kier molecular flexibility index (Phi) is 4.13. The second-order valence-electron chi connectivity index (χ2n) is 4.79. The monoisotopic (exact) mass is 294 g/mol. The molecular weight excluding hydrogens is 276 g/mol. The summed E-state index contributed by atoms with van der Waals surface area (Å²) in [6, 6.07) is 5.32. The summed E-state index contributed by atoms with van der Waals surface area (Å²) in [5.74, 6) is -0.169. The first-order valence-electron chi connectivity index (χ1n) is 6.45. The molecule has 1 aromatic carbocycles. The SMILES string of the molecule is C=CCS(=O)(=O)Nc1ccc2c(c1)N(C(C)=O)CCC2. The number of rotatable bonds is 4. The lowest BCUT2D eigenvalue weighted by Gasteiger charge is -2.29. The number of hydrogen-bond donors (Lipinski definition) is 1. The van der Waals surface area contributed by atoms with Crippen molar-refractivity contribution in [1.29, 1.82) is 0 Å². The molecule has 0 radical (unpaired) electrons. The predicted octanol–water partition coefficient (Wildman–Crippen LogP) is 1.91. The zero-order chi connectivity index (χ0) is 14.8. The molecule has 5 nitrogen and oxygen atoms in total. The summed E-state index contributed by atoms with van der Waals surface area (Å²) < 4.78 is 25.9. The molecule has 0 fully saturated rings. The number of carbonyl (C=O) groups excluding carboxylic acids is 1. The van der Waals surface area contributed by atoms with Crippen LogP contribution in [0.2, 0.25) is 0 Å². The van der Waals surface area contributed by atoms with Crippen molar-refractivity contribution in [2.24, 2.45) is 0 Å². The van der Waals surface area contributed by atoms with Crippen LogP contribution in [-0.2, 0) is 21.2 Å². The summed E-state index contributed by atoms with van der Waals surface area (Å²) >= 11 is 0. The Morgan fingerprint density at radius 3 is 2.90 bits per heavy atom. The van der Waals surface area contributed by atoms with Gasteiger partial charge in [-0.25, -0.2) is 8.42 Å². The molecule has 0 atom stereocenters. The fourth-order valence-electron chi connectivity index (χ4n) is 2.34. The van der Waals surface area contributed by atoms with Gasteiger partial charge in [-0.2, -0.15) is 0 Å². The zero-order valence-corrected chi connectivity index (χ0v) is 12.2. The zero-order valence-electron chi connectivity index (χ0n) is 11.4. The van der Waals surface area contributed by atoms with Crippen LogP contribution in [0.1, 0.15) is 18.9 Å². The van der Waals surface area contributed by atoms with Gasteiger partial charge in [0.05, 0.1) is 11.4 Å². The number of fused-ring (bicyclic) bond motifs is 1. The van der Waals surface area contributed by atoms with Gasteiger partial charge in [-0.15, -0.1) is 6.58 Å². The van der Waals surface area contributed by atoms with Gasteiger partial charge in [0.1, 0.15) is 0 Å². The van der Waals surface area contributed by atoms with Crippen LogP contribution < -0.4 is 9.62 Å². The number of carbonyl (C=O) groups is 1. The van der Waals surface area contributed by atoms with Gasteiger partial charge in [0, 0.05) is 19.2 Å². The number of nitrogens with zero attached hydrogens (tertiary/aromatic N) is 1. The lowest BCUT2D eigenvalue weighted by atomic mass is 10.0. The van der Waals surface area contributed by atoms with Crippen LogP contribution >= 0.6 is 0 Å². The summed E-state index contributed by atoms with van der Waals surface area (Å²) in [5, 5.41) is 0. The number of benzene rings is 1. The molecule has 0 bridgehead atoms. The second-order valence-corrected chi connectivity index (χ2v) is 6.56. The summed E-state index contributed by atoms with van der Waals surface area (Å²) in [5.41, 5.74) is 2.33. The van der Waals surface area contributed by atoms with Crippen molar-refractivity contribution in [3.05, 3.63) is 36.4 Å². The summed E-state index contributed by atoms with van der Waals surface area (Å²) in [6.07, 6.45) is 3.16. The van der Waals surface area contributed by atoms with E-state index < -0.39 is 10.0 Å². The van der Waals surface area contributed by atoms with Crippen molar-refractivity contribution in [3.63, 3.8) is 0 Å². The average Bonchev–Trinajstić information content (AvgIpc) is 2.37. The van der Waals surface area contributed by atoms with Gasteiger partial charge in [0.2, 0.25) is 15.9 Å². The van der Waals surface area contributed by atoms with E-state index in [9.17, 15) is 13.2 Å². The molecule has 1 amide bonds. The Balaban J connectivity index is 2.33. The molecule has 0 unspecified atom stereocenters. The molecule has 2 rings (SSSR count). The Labute approximate surface area is 119 Å². The minimum absolute atomic E-state index is 0.0305. The number of hydrogen-bond acceptors (Lipinski definition) is 3. The lowest BCUT2D eigenvalue weighted by molar-refractivity contribution is -0.116. The van der Waals surface area contributed by atoms with E-state index in [-0.39, 0.29) is 11.7 Å². The van der Waals surface area contributed by atoms with Crippen LogP contribution in [0.5, 0.6) is 0 Å². The molecule has 20 heavy (non-hydrogen) atoms. The summed E-state index contributed by atoms with van der Waals surface area (Å²) in [7, 11) is -3.42. The number of nitrogens with one attached hydrogen (secondary N) is 1. The molecule has 0 saturated carbocycles. The number of aryl methyl sites for hydroxylation is 1. The molecule has 1 aromatic rings. The number of sulfonamides is 1. The quantitative estimate of drug-likeness (QED) is 0.863. The fourth-order valence-corrected chi connectivity index (χ4v) is 3.22. The van der Waals surface area contributed by atoms with E-state index in [2.05, 4.69) is 11.3 Å². The van der Waals surface area contributed by atoms with E-state index in [0.717, 1.165) is 24.1 Å². The van der Waals surface area contributed by atoms with Crippen molar-refractivity contribution < 1.29 is 13.2 Å². The maximum Gasteiger partial charge on any atom is 0.236 e. The van der Waals surface area contributed by atoms with Gasteiger partial charge in [-0.1, -0.05) is 12.1 Å². The van der Waals surface area contributed by atoms with Crippen LogP contribution in [-0.4, -0.2) is 26.6 Å². The molecule has 0 aromatic heterocycles. The van der Waals surface area contributed by atoms with Crippen LogP contribution in [0.25, 0.3) is 0 Å². The van der Waals surface area contributed by atoms with Crippen LogP contribution in [0, 0.1) is 0 Å². The maximum atomic E-state index is 11.7. The first-order chi connectivity index (χ1) is 9.43. The van der Waals surface area contributed by atoms with Crippen LogP contribution in [0.15, 0.2) is 30.9 Å². The Hall–Kier alpha value is -1.82. The van der Waals surface area contributed by atoms with Gasteiger partial charge >= 0.3 is 0 Å². The largest absolute Gasteiger partial charge is 0.312 e. The standard InChI is InChI=1S/C14H18N2O3S/c1-3-9-20(18,19)15-13-7-6-12-5-4-8-16(11(2)17)14(12)10-13/h3,6-7,10,15H,1,4-5,8-9H2,2H3. The normalized spacial score (nSPS) is 14.6. The Morgan fingerprint density at radius 2 is 2.25 bits per heavy atom. The van der Waals surface area contributed by atoms with E-state index in [1.54, 1.807) is 17.0 Å². The Bertz CT molecular complexity index is 638. The lowest BCUT2D eigenvalue weighted by Crippen LogP contribution is -2.33. The van der Waals surface area contributed by atoms with E-state index in [4.69, 9.17) is 0 Å². The highest BCUT2D eigenvalue weighted by Gasteiger charge is 2.20.